The smallest absolute Gasteiger partial charge is 0.253 e. The van der Waals surface area contributed by atoms with Gasteiger partial charge in [-0.3, -0.25) is 4.79 Å². The SMILES string of the molecule is O=C(c1cccc(Oc2ccccc2)c1)N1CCC2(CC1)OCCO2. The Morgan fingerprint density at radius 3 is 2.32 bits per heavy atom. The Morgan fingerprint density at radius 2 is 1.60 bits per heavy atom. The van der Waals surface area contributed by atoms with Crippen molar-refractivity contribution in [1.29, 1.82) is 0 Å². The Labute approximate surface area is 147 Å². The molecule has 2 saturated heterocycles. The van der Waals surface area contributed by atoms with Crippen LogP contribution in [0.15, 0.2) is 54.6 Å². The first-order valence-electron chi connectivity index (χ1n) is 8.64. The lowest BCUT2D eigenvalue weighted by Crippen LogP contribution is -2.47. The molecule has 2 aromatic rings. The summed E-state index contributed by atoms with van der Waals surface area (Å²) in [6, 6.07) is 16.9. The van der Waals surface area contributed by atoms with Gasteiger partial charge in [-0.25, -0.2) is 0 Å². The van der Waals surface area contributed by atoms with Gasteiger partial charge in [-0.2, -0.15) is 0 Å². The zero-order valence-corrected chi connectivity index (χ0v) is 14.0. The number of benzene rings is 2. The van der Waals surface area contributed by atoms with Crippen molar-refractivity contribution in [2.75, 3.05) is 26.3 Å². The molecule has 0 saturated carbocycles. The molecule has 130 valence electrons. The van der Waals surface area contributed by atoms with Crippen molar-refractivity contribution in [2.45, 2.75) is 18.6 Å². The van der Waals surface area contributed by atoms with E-state index >= 15 is 0 Å². The normalized spacial score (nSPS) is 19.1. The summed E-state index contributed by atoms with van der Waals surface area (Å²) in [6.45, 7) is 2.57. The van der Waals surface area contributed by atoms with Gasteiger partial charge in [0, 0.05) is 31.5 Å². The summed E-state index contributed by atoms with van der Waals surface area (Å²) >= 11 is 0. The van der Waals surface area contributed by atoms with Crippen molar-refractivity contribution >= 4 is 5.91 Å². The molecule has 2 aromatic carbocycles. The lowest BCUT2D eigenvalue weighted by atomic mass is 10.0. The Bertz CT molecular complexity index is 730. The molecule has 0 atom stereocenters. The summed E-state index contributed by atoms with van der Waals surface area (Å²) in [5.74, 6) is 0.969. The molecule has 2 aliphatic heterocycles. The molecule has 0 N–H and O–H groups in total. The zero-order chi connectivity index (χ0) is 17.1. The van der Waals surface area contributed by atoms with E-state index in [1.807, 2.05) is 53.4 Å². The third kappa shape index (κ3) is 3.52. The standard InChI is InChI=1S/C20H21NO4/c22-19(21-11-9-20(10-12-21)23-13-14-24-20)16-5-4-8-18(15-16)25-17-6-2-1-3-7-17/h1-8,15H,9-14H2. The first-order valence-corrected chi connectivity index (χ1v) is 8.64. The molecule has 2 heterocycles. The highest BCUT2D eigenvalue weighted by molar-refractivity contribution is 5.94. The summed E-state index contributed by atoms with van der Waals surface area (Å²) in [5, 5.41) is 0. The lowest BCUT2D eigenvalue weighted by Gasteiger charge is -2.37. The molecular formula is C20H21NO4. The van der Waals surface area contributed by atoms with Gasteiger partial charge >= 0.3 is 0 Å². The van der Waals surface area contributed by atoms with E-state index in [0.29, 0.717) is 37.6 Å². The molecule has 0 aliphatic carbocycles. The van der Waals surface area contributed by atoms with Crippen molar-refractivity contribution in [3.05, 3.63) is 60.2 Å². The van der Waals surface area contributed by atoms with E-state index in [-0.39, 0.29) is 5.91 Å². The van der Waals surface area contributed by atoms with Gasteiger partial charge in [-0.15, -0.1) is 0 Å². The molecule has 0 aromatic heterocycles. The van der Waals surface area contributed by atoms with Gasteiger partial charge in [0.05, 0.1) is 13.2 Å². The molecule has 25 heavy (non-hydrogen) atoms. The van der Waals surface area contributed by atoms with Crippen LogP contribution in [-0.4, -0.2) is 42.9 Å². The molecule has 0 radical (unpaired) electrons. The van der Waals surface area contributed by atoms with E-state index in [1.54, 1.807) is 6.07 Å². The van der Waals surface area contributed by atoms with Crippen LogP contribution in [0.4, 0.5) is 0 Å². The van der Waals surface area contributed by atoms with E-state index in [1.165, 1.54) is 0 Å². The fraction of sp³-hybridized carbons (Fsp3) is 0.350. The topological polar surface area (TPSA) is 48.0 Å². The number of hydrogen-bond donors (Lipinski definition) is 0. The van der Waals surface area contributed by atoms with Crippen LogP contribution in [0.2, 0.25) is 0 Å². The van der Waals surface area contributed by atoms with Crippen molar-refractivity contribution < 1.29 is 19.0 Å². The summed E-state index contributed by atoms with van der Waals surface area (Å²) < 4.78 is 17.3. The largest absolute Gasteiger partial charge is 0.457 e. The van der Waals surface area contributed by atoms with Crippen LogP contribution in [0.5, 0.6) is 11.5 Å². The number of para-hydroxylation sites is 1. The maximum Gasteiger partial charge on any atom is 0.253 e. The number of amides is 1. The average molecular weight is 339 g/mol. The van der Waals surface area contributed by atoms with E-state index in [4.69, 9.17) is 14.2 Å². The Hall–Kier alpha value is -2.37. The van der Waals surface area contributed by atoms with Crippen LogP contribution >= 0.6 is 0 Å². The quantitative estimate of drug-likeness (QED) is 0.859. The second-order valence-corrected chi connectivity index (χ2v) is 6.34. The summed E-state index contributed by atoms with van der Waals surface area (Å²) in [5.41, 5.74) is 0.637. The Kier molecular flexibility index (Phi) is 4.42. The van der Waals surface area contributed by atoms with Crippen molar-refractivity contribution in [2.24, 2.45) is 0 Å². The van der Waals surface area contributed by atoms with Crippen LogP contribution in [0, 0.1) is 0 Å². The van der Waals surface area contributed by atoms with E-state index in [9.17, 15) is 4.79 Å². The number of hydrogen-bond acceptors (Lipinski definition) is 4. The van der Waals surface area contributed by atoms with Crippen LogP contribution < -0.4 is 4.74 Å². The van der Waals surface area contributed by atoms with Gasteiger partial charge < -0.3 is 19.1 Å². The maximum atomic E-state index is 12.8. The number of piperidine rings is 1. The van der Waals surface area contributed by atoms with E-state index < -0.39 is 5.79 Å². The fourth-order valence-corrected chi connectivity index (χ4v) is 3.34. The fourth-order valence-electron chi connectivity index (χ4n) is 3.34. The Morgan fingerprint density at radius 1 is 0.920 bits per heavy atom. The number of likely N-dealkylation sites (tertiary alicyclic amines) is 1. The highest BCUT2D eigenvalue weighted by Gasteiger charge is 2.40. The number of rotatable bonds is 3. The lowest BCUT2D eigenvalue weighted by molar-refractivity contribution is -0.181. The zero-order valence-electron chi connectivity index (χ0n) is 14.0. The first-order chi connectivity index (χ1) is 12.2. The molecular weight excluding hydrogens is 318 g/mol. The molecule has 0 unspecified atom stereocenters. The second-order valence-electron chi connectivity index (χ2n) is 6.34. The van der Waals surface area contributed by atoms with Crippen LogP contribution in [0.1, 0.15) is 23.2 Å². The molecule has 2 fully saturated rings. The van der Waals surface area contributed by atoms with Crippen molar-refractivity contribution in [3.8, 4) is 11.5 Å². The molecule has 5 nitrogen and oxygen atoms in total. The minimum absolute atomic E-state index is 0.0198. The van der Waals surface area contributed by atoms with E-state index in [0.717, 1.165) is 18.6 Å². The molecule has 1 spiro atoms. The molecule has 5 heteroatoms. The Balaban J connectivity index is 1.43. The van der Waals surface area contributed by atoms with Crippen LogP contribution in [0.25, 0.3) is 0 Å². The van der Waals surface area contributed by atoms with Crippen LogP contribution in [-0.2, 0) is 9.47 Å². The minimum Gasteiger partial charge on any atom is -0.457 e. The summed E-state index contributed by atoms with van der Waals surface area (Å²) in [7, 11) is 0. The summed E-state index contributed by atoms with van der Waals surface area (Å²) in [4.78, 5) is 14.7. The number of ether oxygens (including phenoxy) is 3. The van der Waals surface area contributed by atoms with Gasteiger partial charge in [0.2, 0.25) is 0 Å². The number of nitrogens with zero attached hydrogens (tertiary/aromatic N) is 1. The second kappa shape index (κ2) is 6.86. The van der Waals surface area contributed by atoms with Gasteiger partial charge in [0.1, 0.15) is 11.5 Å². The van der Waals surface area contributed by atoms with Crippen molar-refractivity contribution in [1.82, 2.24) is 4.90 Å². The van der Waals surface area contributed by atoms with Gasteiger partial charge in [-0.05, 0) is 30.3 Å². The van der Waals surface area contributed by atoms with Gasteiger partial charge in [-0.1, -0.05) is 24.3 Å². The van der Waals surface area contributed by atoms with Crippen LogP contribution in [0.3, 0.4) is 0 Å². The highest BCUT2D eigenvalue weighted by atomic mass is 16.7. The molecule has 0 bridgehead atoms. The number of carbonyl (C=O) groups is 1. The van der Waals surface area contributed by atoms with Gasteiger partial charge in [0.15, 0.2) is 5.79 Å². The monoisotopic (exact) mass is 339 g/mol. The first kappa shape index (κ1) is 16.1. The third-order valence-corrected chi connectivity index (χ3v) is 4.69. The number of carbonyl (C=O) groups excluding carboxylic acids is 1. The summed E-state index contributed by atoms with van der Waals surface area (Å²) in [6.07, 6.45) is 1.44. The average Bonchev–Trinajstić information content (AvgIpc) is 3.11. The minimum atomic E-state index is -0.463. The molecule has 4 rings (SSSR count). The van der Waals surface area contributed by atoms with Gasteiger partial charge in [0.25, 0.3) is 5.91 Å². The molecule has 1 amide bonds. The highest BCUT2D eigenvalue weighted by Crippen LogP contribution is 2.32. The van der Waals surface area contributed by atoms with Crippen molar-refractivity contribution in [3.63, 3.8) is 0 Å². The predicted octanol–water partition coefficient (Wildman–Crippen LogP) is 3.46. The molecule has 2 aliphatic rings. The third-order valence-electron chi connectivity index (χ3n) is 4.69. The predicted molar refractivity (Wildman–Crippen MR) is 92.7 cm³/mol. The van der Waals surface area contributed by atoms with E-state index in [2.05, 4.69) is 0 Å². The maximum absolute atomic E-state index is 12.8.